The third kappa shape index (κ3) is 4.96. The molecule has 146 valence electrons. The standard InChI is InChI=1S/C18H17N3O2S.CH2O3/c22-24(23,20-18-11-17(18)14-7-3-1-4-8-14)16-12-19-21(13-16)15-9-5-2-6-10-15;2-1(3)4/h1-10,12-13,17-18,20H,11H2;(H2,2,3,4)/t17-,18+;/m1./s1. The van der Waals surface area contributed by atoms with Gasteiger partial charge in [0.1, 0.15) is 4.90 Å². The van der Waals surface area contributed by atoms with Crippen molar-refractivity contribution in [3.8, 4) is 5.69 Å². The number of hydrogen-bond acceptors (Lipinski definition) is 4. The molecule has 0 spiro atoms. The van der Waals surface area contributed by atoms with Crippen LogP contribution in [0.1, 0.15) is 17.9 Å². The fourth-order valence-corrected chi connectivity index (χ4v) is 4.05. The van der Waals surface area contributed by atoms with Gasteiger partial charge in [0.2, 0.25) is 10.0 Å². The van der Waals surface area contributed by atoms with Gasteiger partial charge in [0.25, 0.3) is 0 Å². The van der Waals surface area contributed by atoms with Crippen molar-refractivity contribution in [1.82, 2.24) is 14.5 Å². The minimum Gasteiger partial charge on any atom is -0.450 e. The first-order valence-corrected chi connectivity index (χ1v) is 9.94. The monoisotopic (exact) mass is 401 g/mol. The average Bonchev–Trinajstić information content (AvgIpc) is 3.23. The molecule has 1 heterocycles. The number of nitrogens with one attached hydrogen (secondary N) is 1. The number of para-hydroxylation sites is 1. The van der Waals surface area contributed by atoms with Gasteiger partial charge in [-0.1, -0.05) is 48.5 Å². The predicted molar refractivity (Wildman–Crippen MR) is 102 cm³/mol. The highest BCUT2D eigenvalue weighted by Gasteiger charge is 2.41. The summed E-state index contributed by atoms with van der Waals surface area (Å²) in [6.45, 7) is 0. The molecule has 1 aliphatic carbocycles. The normalized spacial score (nSPS) is 18.0. The molecule has 1 saturated carbocycles. The highest BCUT2D eigenvalue weighted by molar-refractivity contribution is 7.89. The quantitative estimate of drug-likeness (QED) is 0.604. The molecule has 2 aromatic carbocycles. The lowest BCUT2D eigenvalue weighted by Gasteiger charge is -2.04. The van der Waals surface area contributed by atoms with Crippen LogP contribution in [0.4, 0.5) is 4.79 Å². The van der Waals surface area contributed by atoms with Crippen LogP contribution in [0.5, 0.6) is 0 Å². The molecule has 1 fully saturated rings. The van der Waals surface area contributed by atoms with Crippen LogP contribution >= 0.6 is 0 Å². The maximum atomic E-state index is 12.5. The lowest BCUT2D eigenvalue weighted by Crippen LogP contribution is -2.26. The van der Waals surface area contributed by atoms with E-state index in [0.29, 0.717) is 0 Å². The van der Waals surface area contributed by atoms with E-state index in [2.05, 4.69) is 9.82 Å². The summed E-state index contributed by atoms with van der Waals surface area (Å²) < 4.78 is 29.4. The van der Waals surface area contributed by atoms with Crippen molar-refractivity contribution in [3.05, 3.63) is 78.6 Å². The van der Waals surface area contributed by atoms with Crippen LogP contribution in [0.15, 0.2) is 78.0 Å². The van der Waals surface area contributed by atoms with Crippen molar-refractivity contribution in [2.45, 2.75) is 23.3 Å². The van der Waals surface area contributed by atoms with E-state index in [9.17, 15) is 8.42 Å². The van der Waals surface area contributed by atoms with Crippen molar-refractivity contribution in [2.24, 2.45) is 0 Å². The third-order valence-corrected chi connectivity index (χ3v) is 5.66. The van der Waals surface area contributed by atoms with Crippen LogP contribution < -0.4 is 4.72 Å². The van der Waals surface area contributed by atoms with Gasteiger partial charge in [-0.2, -0.15) is 5.10 Å². The third-order valence-electron chi connectivity index (χ3n) is 4.21. The first kappa shape index (κ1) is 19.6. The summed E-state index contributed by atoms with van der Waals surface area (Å²) in [5.41, 5.74) is 2.00. The molecular weight excluding hydrogens is 382 g/mol. The number of carbonyl (C=O) groups is 1. The van der Waals surface area contributed by atoms with Gasteiger partial charge in [0.05, 0.1) is 18.1 Å². The van der Waals surface area contributed by atoms with Gasteiger partial charge in [0.15, 0.2) is 0 Å². The highest BCUT2D eigenvalue weighted by Crippen LogP contribution is 2.41. The molecule has 3 aromatic rings. The summed E-state index contributed by atoms with van der Waals surface area (Å²) in [6, 6.07) is 19.4. The second-order valence-corrected chi connectivity index (χ2v) is 7.93. The summed E-state index contributed by atoms with van der Waals surface area (Å²) in [5, 5.41) is 18.1. The number of hydrogen-bond donors (Lipinski definition) is 3. The van der Waals surface area contributed by atoms with E-state index in [4.69, 9.17) is 15.0 Å². The number of carboxylic acid groups (broad SMARTS) is 2. The Morgan fingerprint density at radius 2 is 1.61 bits per heavy atom. The van der Waals surface area contributed by atoms with E-state index >= 15 is 0 Å². The highest BCUT2D eigenvalue weighted by atomic mass is 32.2. The SMILES string of the molecule is O=C(O)O.O=S(=O)(N[C@H]1C[C@@H]1c1ccccc1)c1cnn(-c2ccccc2)c1. The maximum Gasteiger partial charge on any atom is 0.503 e. The van der Waals surface area contributed by atoms with Crippen molar-refractivity contribution < 1.29 is 23.4 Å². The molecule has 0 saturated heterocycles. The molecule has 1 aliphatic rings. The van der Waals surface area contributed by atoms with Gasteiger partial charge >= 0.3 is 6.16 Å². The lowest BCUT2D eigenvalue weighted by atomic mass is 10.1. The second-order valence-electron chi connectivity index (χ2n) is 6.22. The molecule has 0 unspecified atom stereocenters. The maximum absolute atomic E-state index is 12.5. The van der Waals surface area contributed by atoms with E-state index < -0.39 is 16.2 Å². The molecule has 0 bridgehead atoms. The second kappa shape index (κ2) is 8.24. The summed E-state index contributed by atoms with van der Waals surface area (Å²) in [5.74, 6) is 0.255. The van der Waals surface area contributed by atoms with Crippen molar-refractivity contribution >= 4 is 16.2 Å². The van der Waals surface area contributed by atoms with Gasteiger partial charge in [-0.25, -0.2) is 22.6 Å². The topological polar surface area (TPSA) is 122 Å². The minimum absolute atomic E-state index is 0.0440. The number of rotatable bonds is 5. The fraction of sp³-hybridized carbons (Fsp3) is 0.158. The Labute approximate surface area is 162 Å². The molecule has 3 N–H and O–H groups in total. The summed E-state index contributed by atoms with van der Waals surface area (Å²) in [7, 11) is -3.56. The molecule has 0 amide bonds. The van der Waals surface area contributed by atoms with Gasteiger partial charge in [0, 0.05) is 12.0 Å². The lowest BCUT2D eigenvalue weighted by molar-refractivity contribution is 0.137. The molecule has 0 aliphatic heterocycles. The van der Waals surface area contributed by atoms with Crippen LogP contribution in [0.3, 0.4) is 0 Å². The fourth-order valence-electron chi connectivity index (χ4n) is 2.83. The Hall–Kier alpha value is -3.17. The van der Waals surface area contributed by atoms with E-state index in [1.165, 1.54) is 18.0 Å². The Morgan fingerprint density at radius 1 is 1.04 bits per heavy atom. The summed E-state index contributed by atoms with van der Waals surface area (Å²) >= 11 is 0. The number of sulfonamides is 1. The van der Waals surface area contributed by atoms with Crippen LogP contribution in [0.2, 0.25) is 0 Å². The van der Waals surface area contributed by atoms with Crippen LogP contribution in [0, 0.1) is 0 Å². The largest absolute Gasteiger partial charge is 0.503 e. The Balaban J connectivity index is 0.000000516. The Morgan fingerprint density at radius 3 is 2.21 bits per heavy atom. The molecule has 8 nitrogen and oxygen atoms in total. The van der Waals surface area contributed by atoms with E-state index in [1.807, 2.05) is 60.7 Å². The van der Waals surface area contributed by atoms with Gasteiger partial charge < -0.3 is 10.2 Å². The molecule has 2 atom stereocenters. The van der Waals surface area contributed by atoms with E-state index in [1.54, 1.807) is 4.68 Å². The summed E-state index contributed by atoms with van der Waals surface area (Å²) in [6.07, 6.45) is 1.92. The average molecular weight is 401 g/mol. The zero-order chi connectivity index (χ0) is 20.1. The van der Waals surface area contributed by atoms with Gasteiger partial charge in [-0.15, -0.1) is 0 Å². The molecule has 4 rings (SSSR count). The van der Waals surface area contributed by atoms with Crippen LogP contribution in [0.25, 0.3) is 5.69 Å². The summed E-state index contributed by atoms with van der Waals surface area (Å²) in [4.78, 5) is 8.74. The van der Waals surface area contributed by atoms with Crippen LogP contribution in [-0.4, -0.2) is 40.6 Å². The van der Waals surface area contributed by atoms with Crippen molar-refractivity contribution in [2.75, 3.05) is 0 Å². The predicted octanol–water partition coefficient (Wildman–Crippen LogP) is 2.93. The Bertz CT molecular complexity index is 1030. The smallest absolute Gasteiger partial charge is 0.450 e. The van der Waals surface area contributed by atoms with Gasteiger partial charge in [-0.3, -0.25) is 0 Å². The van der Waals surface area contributed by atoms with Gasteiger partial charge in [-0.05, 0) is 24.1 Å². The molecule has 9 heteroatoms. The zero-order valence-electron chi connectivity index (χ0n) is 14.7. The van der Waals surface area contributed by atoms with Crippen molar-refractivity contribution in [3.63, 3.8) is 0 Å². The number of nitrogens with zero attached hydrogens (tertiary/aromatic N) is 2. The first-order valence-electron chi connectivity index (χ1n) is 8.46. The van der Waals surface area contributed by atoms with Crippen molar-refractivity contribution in [1.29, 1.82) is 0 Å². The number of benzene rings is 2. The molecular formula is C19H19N3O5S. The molecule has 1 aromatic heterocycles. The minimum atomic E-state index is -3.56. The molecule has 28 heavy (non-hydrogen) atoms. The van der Waals surface area contributed by atoms with E-state index in [-0.39, 0.29) is 16.9 Å². The van der Waals surface area contributed by atoms with Crippen LogP contribution in [-0.2, 0) is 10.0 Å². The zero-order valence-corrected chi connectivity index (χ0v) is 15.5. The number of aromatic nitrogens is 2. The first-order chi connectivity index (χ1) is 13.4. The Kier molecular flexibility index (Phi) is 5.76. The van der Waals surface area contributed by atoms with E-state index in [0.717, 1.165) is 12.1 Å². The molecule has 0 radical (unpaired) electrons.